The van der Waals surface area contributed by atoms with Crippen molar-refractivity contribution in [2.45, 2.75) is 12.5 Å². The van der Waals surface area contributed by atoms with Gasteiger partial charge in [0.05, 0.1) is 14.2 Å². The summed E-state index contributed by atoms with van der Waals surface area (Å²) in [7, 11) is 3.19. The summed E-state index contributed by atoms with van der Waals surface area (Å²) in [5.74, 6) is 1.42. The highest BCUT2D eigenvalue weighted by molar-refractivity contribution is 5.42. The van der Waals surface area contributed by atoms with Gasteiger partial charge in [-0.05, 0) is 12.5 Å². The second kappa shape index (κ2) is 5.58. The molecule has 0 amide bonds. The van der Waals surface area contributed by atoms with Gasteiger partial charge in [-0.15, -0.1) is 0 Å². The van der Waals surface area contributed by atoms with E-state index in [4.69, 9.17) is 20.3 Å². The Labute approximate surface area is 89.6 Å². The standard InChI is InChI=1S/C11H17NO3/c1-14-8-3-4-9(10(12)5-6-13)11(7-8)15-2/h3-4,7,10,13H,5-6,12H2,1-2H3. The van der Waals surface area contributed by atoms with Crippen LogP contribution in [0.5, 0.6) is 11.5 Å². The van der Waals surface area contributed by atoms with Crippen LogP contribution in [0.25, 0.3) is 0 Å². The van der Waals surface area contributed by atoms with Crippen LogP contribution in [0, 0.1) is 0 Å². The van der Waals surface area contributed by atoms with Crippen LogP contribution >= 0.6 is 0 Å². The van der Waals surface area contributed by atoms with Gasteiger partial charge in [-0.2, -0.15) is 0 Å². The number of methoxy groups -OCH3 is 2. The fourth-order valence-electron chi connectivity index (χ4n) is 1.42. The van der Waals surface area contributed by atoms with Gasteiger partial charge >= 0.3 is 0 Å². The molecule has 1 aromatic rings. The highest BCUT2D eigenvalue weighted by Crippen LogP contribution is 2.29. The second-order valence-corrected chi connectivity index (χ2v) is 3.23. The van der Waals surface area contributed by atoms with Crippen molar-refractivity contribution in [1.82, 2.24) is 0 Å². The average Bonchev–Trinajstić information content (AvgIpc) is 2.28. The first-order valence-electron chi connectivity index (χ1n) is 4.81. The minimum absolute atomic E-state index is 0.0658. The molecule has 0 aromatic heterocycles. The smallest absolute Gasteiger partial charge is 0.127 e. The SMILES string of the molecule is COc1ccc(C(N)CCO)c(OC)c1. The van der Waals surface area contributed by atoms with Gasteiger partial charge in [0, 0.05) is 24.3 Å². The summed E-state index contributed by atoms with van der Waals surface area (Å²) in [6.07, 6.45) is 0.517. The Morgan fingerprint density at radius 3 is 2.60 bits per heavy atom. The quantitative estimate of drug-likeness (QED) is 0.765. The third kappa shape index (κ3) is 2.84. The number of rotatable bonds is 5. The van der Waals surface area contributed by atoms with Crippen molar-refractivity contribution < 1.29 is 14.6 Å². The fourth-order valence-corrected chi connectivity index (χ4v) is 1.42. The van der Waals surface area contributed by atoms with Gasteiger partial charge in [-0.25, -0.2) is 0 Å². The zero-order valence-corrected chi connectivity index (χ0v) is 9.06. The lowest BCUT2D eigenvalue weighted by atomic mass is 10.0. The zero-order valence-electron chi connectivity index (χ0n) is 9.06. The summed E-state index contributed by atoms with van der Waals surface area (Å²) >= 11 is 0. The lowest BCUT2D eigenvalue weighted by Crippen LogP contribution is -2.13. The monoisotopic (exact) mass is 211 g/mol. The Bertz CT molecular complexity index is 315. The van der Waals surface area contributed by atoms with Crippen LogP contribution < -0.4 is 15.2 Å². The number of hydrogen-bond donors (Lipinski definition) is 2. The van der Waals surface area contributed by atoms with Crippen LogP contribution in [0.3, 0.4) is 0 Å². The molecular weight excluding hydrogens is 194 g/mol. The second-order valence-electron chi connectivity index (χ2n) is 3.23. The van der Waals surface area contributed by atoms with Gasteiger partial charge in [-0.1, -0.05) is 6.07 Å². The van der Waals surface area contributed by atoms with Crippen LogP contribution in [0.4, 0.5) is 0 Å². The summed E-state index contributed by atoms with van der Waals surface area (Å²) in [6, 6.07) is 5.26. The minimum Gasteiger partial charge on any atom is -0.497 e. The number of ether oxygens (including phenoxy) is 2. The fraction of sp³-hybridized carbons (Fsp3) is 0.455. The van der Waals surface area contributed by atoms with Gasteiger partial charge in [0.2, 0.25) is 0 Å². The number of aliphatic hydroxyl groups is 1. The summed E-state index contributed by atoms with van der Waals surface area (Å²) in [5, 5.41) is 8.82. The number of aliphatic hydroxyl groups excluding tert-OH is 1. The van der Waals surface area contributed by atoms with Crippen LogP contribution in [-0.4, -0.2) is 25.9 Å². The van der Waals surface area contributed by atoms with Gasteiger partial charge in [-0.3, -0.25) is 0 Å². The van der Waals surface area contributed by atoms with Gasteiger partial charge in [0.15, 0.2) is 0 Å². The molecule has 0 spiro atoms. The normalized spacial score (nSPS) is 12.3. The summed E-state index contributed by atoms with van der Waals surface area (Å²) < 4.78 is 10.3. The van der Waals surface area contributed by atoms with E-state index in [2.05, 4.69) is 0 Å². The molecule has 0 saturated carbocycles. The van der Waals surface area contributed by atoms with Gasteiger partial charge < -0.3 is 20.3 Å². The van der Waals surface area contributed by atoms with E-state index in [0.29, 0.717) is 12.2 Å². The first-order chi connectivity index (χ1) is 7.22. The van der Waals surface area contributed by atoms with E-state index >= 15 is 0 Å². The first kappa shape index (κ1) is 11.8. The predicted octanol–water partition coefficient (Wildman–Crippen LogP) is 1.09. The highest BCUT2D eigenvalue weighted by atomic mass is 16.5. The van der Waals surface area contributed by atoms with Crippen LogP contribution in [0.1, 0.15) is 18.0 Å². The van der Waals surface area contributed by atoms with Crippen molar-refractivity contribution in [1.29, 1.82) is 0 Å². The molecule has 4 nitrogen and oxygen atoms in total. The van der Waals surface area contributed by atoms with Gasteiger partial charge in [0.1, 0.15) is 11.5 Å². The van der Waals surface area contributed by atoms with Crippen LogP contribution in [0.15, 0.2) is 18.2 Å². The zero-order chi connectivity index (χ0) is 11.3. The molecule has 0 aliphatic heterocycles. The topological polar surface area (TPSA) is 64.7 Å². The molecule has 3 N–H and O–H groups in total. The molecule has 0 aliphatic rings. The molecule has 0 bridgehead atoms. The van der Waals surface area contributed by atoms with Crippen LogP contribution in [-0.2, 0) is 0 Å². The minimum atomic E-state index is -0.212. The van der Waals surface area contributed by atoms with E-state index in [-0.39, 0.29) is 12.6 Å². The lowest BCUT2D eigenvalue weighted by molar-refractivity contribution is 0.275. The maximum Gasteiger partial charge on any atom is 0.127 e. The van der Waals surface area contributed by atoms with E-state index in [9.17, 15) is 0 Å². The van der Waals surface area contributed by atoms with Crippen LogP contribution in [0.2, 0.25) is 0 Å². The maximum atomic E-state index is 8.82. The molecular formula is C11H17NO3. The van der Waals surface area contributed by atoms with Crippen molar-refractivity contribution in [3.63, 3.8) is 0 Å². The number of nitrogens with two attached hydrogens (primary N) is 1. The van der Waals surface area contributed by atoms with Crippen molar-refractivity contribution in [3.05, 3.63) is 23.8 Å². The largest absolute Gasteiger partial charge is 0.497 e. The molecule has 1 aromatic carbocycles. The third-order valence-corrected chi connectivity index (χ3v) is 2.28. The first-order valence-corrected chi connectivity index (χ1v) is 4.81. The molecule has 1 rings (SSSR count). The van der Waals surface area contributed by atoms with E-state index in [1.54, 1.807) is 20.3 Å². The van der Waals surface area contributed by atoms with Crippen molar-refractivity contribution in [2.75, 3.05) is 20.8 Å². The Balaban J connectivity index is 2.96. The molecule has 0 aliphatic carbocycles. The third-order valence-electron chi connectivity index (χ3n) is 2.28. The summed E-state index contributed by atoms with van der Waals surface area (Å²) in [4.78, 5) is 0. The van der Waals surface area contributed by atoms with E-state index in [0.717, 1.165) is 11.3 Å². The molecule has 4 heteroatoms. The van der Waals surface area contributed by atoms with E-state index < -0.39 is 0 Å². The van der Waals surface area contributed by atoms with Gasteiger partial charge in [0.25, 0.3) is 0 Å². The Kier molecular flexibility index (Phi) is 4.39. The molecule has 0 heterocycles. The molecule has 0 fully saturated rings. The molecule has 0 radical (unpaired) electrons. The molecule has 0 saturated heterocycles. The van der Waals surface area contributed by atoms with Crippen molar-refractivity contribution in [3.8, 4) is 11.5 Å². The predicted molar refractivity (Wildman–Crippen MR) is 58.2 cm³/mol. The Morgan fingerprint density at radius 2 is 2.07 bits per heavy atom. The van der Waals surface area contributed by atoms with Crippen molar-refractivity contribution >= 4 is 0 Å². The lowest BCUT2D eigenvalue weighted by Gasteiger charge is -2.15. The maximum absolute atomic E-state index is 8.82. The molecule has 1 atom stereocenters. The number of hydrogen-bond acceptors (Lipinski definition) is 4. The molecule has 15 heavy (non-hydrogen) atoms. The Hall–Kier alpha value is -1.26. The van der Waals surface area contributed by atoms with E-state index in [1.807, 2.05) is 12.1 Å². The van der Waals surface area contributed by atoms with Crippen molar-refractivity contribution in [2.24, 2.45) is 5.73 Å². The number of benzene rings is 1. The summed E-state index contributed by atoms with van der Waals surface area (Å²) in [6.45, 7) is 0.0658. The highest BCUT2D eigenvalue weighted by Gasteiger charge is 2.12. The Morgan fingerprint density at radius 1 is 1.33 bits per heavy atom. The molecule has 1 unspecified atom stereocenters. The van der Waals surface area contributed by atoms with E-state index in [1.165, 1.54) is 0 Å². The average molecular weight is 211 g/mol. The summed E-state index contributed by atoms with van der Waals surface area (Å²) in [5.41, 5.74) is 6.77. The molecule has 84 valence electrons.